The van der Waals surface area contributed by atoms with Gasteiger partial charge in [-0.1, -0.05) is 0 Å². The Morgan fingerprint density at radius 1 is 0.929 bits per heavy atom. The molecule has 12 heteroatoms. The first-order valence-corrected chi connectivity index (χ1v) is 13.6. The fourth-order valence-corrected chi connectivity index (χ4v) is 5.47. The Kier molecular flexibility index (Phi) is 10.8. The van der Waals surface area contributed by atoms with E-state index in [9.17, 15) is 18.4 Å². The van der Waals surface area contributed by atoms with Gasteiger partial charge in [0.2, 0.25) is 5.75 Å². The molecule has 0 amide bonds. The van der Waals surface area contributed by atoms with E-state index in [2.05, 4.69) is 7.05 Å². The largest absolute Gasteiger partial charge is 0.493 e. The van der Waals surface area contributed by atoms with Crippen LogP contribution in [0.1, 0.15) is 42.0 Å². The van der Waals surface area contributed by atoms with Gasteiger partial charge in [-0.2, -0.15) is 8.78 Å². The number of esters is 1. The highest BCUT2D eigenvalue weighted by atomic mass is 19.3. The maximum Gasteiger partial charge on any atom is 0.376 e. The summed E-state index contributed by atoms with van der Waals surface area (Å²) in [5.41, 5.74) is 3.11. The van der Waals surface area contributed by atoms with Crippen LogP contribution in [0.5, 0.6) is 28.7 Å². The number of hydrogen-bond acceptors (Lipinski definition) is 8. The third-order valence-electron chi connectivity index (χ3n) is 7.80. The van der Waals surface area contributed by atoms with Gasteiger partial charge in [0.15, 0.2) is 23.0 Å². The van der Waals surface area contributed by atoms with Crippen LogP contribution in [-0.4, -0.2) is 89.7 Å². The number of aliphatic carboxylic acids is 1. The van der Waals surface area contributed by atoms with Gasteiger partial charge in [0.25, 0.3) is 0 Å². The second kappa shape index (κ2) is 13.9. The van der Waals surface area contributed by atoms with Gasteiger partial charge < -0.3 is 38.0 Å². The van der Waals surface area contributed by atoms with Crippen LogP contribution in [0, 0.1) is 0 Å². The zero-order chi connectivity index (χ0) is 31.1. The molecule has 2 aromatic rings. The summed E-state index contributed by atoms with van der Waals surface area (Å²) < 4.78 is 61.2. The molecule has 0 saturated carbocycles. The van der Waals surface area contributed by atoms with Crippen molar-refractivity contribution in [2.45, 2.75) is 44.1 Å². The lowest BCUT2D eigenvalue weighted by Gasteiger charge is -2.46. The van der Waals surface area contributed by atoms with Crippen LogP contribution in [0.25, 0.3) is 0 Å². The van der Waals surface area contributed by atoms with E-state index in [0.717, 1.165) is 29.7 Å². The lowest BCUT2D eigenvalue weighted by atomic mass is 9.86. The molecule has 2 aromatic carbocycles. The molecule has 232 valence electrons. The zero-order valence-electron chi connectivity index (χ0n) is 25.0. The molecule has 0 unspecified atom stereocenters. The van der Waals surface area contributed by atoms with Crippen LogP contribution < -0.4 is 23.7 Å². The highest BCUT2D eigenvalue weighted by Crippen LogP contribution is 2.45. The summed E-state index contributed by atoms with van der Waals surface area (Å²) in [5.74, 6) is -4.20. The second-order valence-corrected chi connectivity index (χ2v) is 10.4. The molecular weight excluding hydrogens is 556 g/mol. The van der Waals surface area contributed by atoms with Gasteiger partial charge >= 0.3 is 17.9 Å². The van der Waals surface area contributed by atoms with Gasteiger partial charge in [-0.15, -0.1) is 0 Å². The molecule has 10 nitrogen and oxygen atoms in total. The first-order valence-electron chi connectivity index (χ1n) is 13.6. The molecule has 0 bridgehead atoms. The van der Waals surface area contributed by atoms with E-state index < -0.39 is 30.7 Å². The number of hydrogen-bond donors (Lipinski definition) is 1. The average Bonchev–Trinajstić information content (AvgIpc) is 2.98. The molecule has 1 N–H and O–H groups in total. The Hall–Kier alpha value is -3.80. The highest BCUT2D eigenvalue weighted by molar-refractivity contribution is 5.78. The number of fused-ring (bicyclic) bond motifs is 1. The third-order valence-corrected chi connectivity index (χ3v) is 7.80. The van der Waals surface area contributed by atoms with Crippen LogP contribution in [0.4, 0.5) is 8.78 Å². The fraction of sp³-hybridized carbons (Fsp3) is 0.533. The predicted molar refractivity (Wildman–Crippen MR) is 149 cm³/mol. The average molecular weight is 597 g/mol. The van der Waals surface area contributed by atoms with Crippen LogP contribution in [0.2, 0.25) is 0 Å². The number of carbonyl (C=O) groups is 2. The topological polar surface area (TPSA) is 110 Å². The quantitative estimate of drug-likeness (QED) is 0.181. The van der Waals surface area contributed by atoms with Gasteiger partial charge in [0, 0.05) is 31.2 Å². The SMILES string of the molecule is COc1cc2c(cc1OC)[C@@H](Cc1cc(OC)c(OC)c(OC)c1)[N@+](C)(CCCOC(=O)C(F)(F)CCC(=O)O)CC2. The van der Waals surface area contributed by atoms with Crippen molar-refractivity contribution >= 4 is 11.9 Å². The van der Waals surface area contributed by atoms with Crippen LogP contribution in [0.3, 0.4) is 0 Å². The lowest BCUT2D eigenvalue weighted by molar-refractivity contribution is -0.941. The van der Waals surface area contributed by atoms with E-state index in [1.807, 2.05) is 24.3 Å². The first-order chi connectivity index (χ1) is 19.9. The molecular formula is C30H40F2NO9+. The number of benzene rings is 2. The minimum absolute atomic E-state index is 0.0935. The number of rotatable bonds is 15. The van der Waals surface area contributed by atoms with Gasteiger partial charge in [-0.3, -0.25) is 4.79 Å². The van der Waals surface area contributed by atoms with Crippen molar-refractivity contribution < 1.29 is 56.4 Å². The number of alkyl halides is 2. The van der Waals surface area contributed by atoms with Gasteiger partial charge in [-0.25, -0.2) is 4.79 Å². The molecule has 1 aliphatic heterocycles. The van der Waals surface area contributed by atoms with E-state index in [-0.39, 0.29) is 12.6 Å². The molecule has 0 spiro atoms. The Balaban J connectivity index is 1.90. The number of carboxylic acids is 1. The number of likely N-dealkylation sites (N-methyl/N-ethyl adjacent to an activating group) is 1. The van der Waals surface area contributed by atoms with Crippen molar-refractivity contribution in [3.05, 3.63) is 41.0 Å². The summed E-state index contributed by atoms with van der Waals surface area (Å²) in [6.07, 6.45) is -0.291. The number of quaternary nitrogens is 1. The van der Waals surface area contributed by atoms with E-state index in [0.29, 0.717) is 52.6 Å². The van der Waals surface area contributed by atoms with Crippen molar-refractivity contribution in [3.63, 3.8) is 0 Å². The summed E-state index contributed by atoms with van der Waals surface area (Å²) in [6, 6.07) is 7.68. The molecule has 0 aliphatic carbocycles. The molecule has 1 heterocycles. The molecule has 0 saturated heterocycles. The summed E-state index contributed by atoms with van der Waals surface area (Å²) in [5, 5.41) is 8.67. The smallest absolute Gasteiger partial charge is 0.376 e. The summed E-state index contributed by atoms with van der Waals surface area (Å²) in [4.78, 5) is 22.6. The maximum atomic E-state index is 14.0. The van der Waals surface area contributed by atoms with E-state index in [4.69, 9.17) is 33.5 Å². The summed E-state index contributed by atoms with van der Waals surface area (Å²) >= 11 is 0. The third kappa shape index (κ3) is 7.33. The van der Waals surface area contributed by atoms with E-state index in [1.54, 1.807) is 35.5 Å². The van der Waals surface area contributed by atoms with Crippen molar-refractivity contribution in [1.29, 1.82) is 0 Å². The Morgan fingerprint density at radius 3 is 2.07 bits per heavy atom. The highest BCUT2D eigenvalue weighted by Gasteiger charge is 2.42. The number of carbonyl (C=O) groups excluding carboxylic acids is 1. The molecule has 42 heavy (non-hydrogen) atoms. The number of halogens is 2. The minimum Gasteiger partial charge on any atom is -0.493 e. The Morgan fingerprint density at radius 2 is 1.52 bits per heavy atom. The van der Waals surface area contributed by atoms with Crippen LogP contribution in [-0.2, 0) is 27.2 Å². The Bertz CT molecular complexity index is 1240. The predicted octanol–water partition coefficient (Wildman–Crippen LogP) is 4.45. The van der Waals surface area contributed by atoms with E-state index >= 15 is 0 Å². The van der Waals surface area contributed by atoms with Crippen molar-refractivity contribution in [3.8, 4) is 28.7 Å². The molecule has 0 radical (unpaired) electrons. The van der Waals surface area contributed by atoms with Gasteiger partial charge in [0.1, 0.15) is 6.04 Å². The summed E-state index contributed by atoms with van der Waals surface area (Å²) in [7, 11) is 9.91. The zero-order valence-corrected chi connectivity index (χ0v) is 25.0. The number of methoxy groups -OCH3 is 5. The molecule has 1 aliphatic rings. The first kappa shape index (κ1) is 32.7. The van der Waals surface area contributed by atoms with Crippen molar-refractivity contribution in [1.82, 2.24) is 0 Å². The maximum absolute atomic E-state index is 14.0. The number of nitrogens with zero attached hydrogens (tertiary/aromatic N) is 1. The molecule has 2 atom stereocenters. The van der Waals surface area contributed by atoms with Gasteiger partial charge in [0.05, 0.1) is 68.7 Å². The van der Waals surface area contributed by atoms with Crippen molar-refractivity contribution in [2.24, 2.45) is 0 Å². The minimum atomic E-state index is -3.86. The standard InChI is InChI=1S/C30H39F2NO9/c1-33(11-7-13-42-29(36)30(31,32)10-8-27(34)35)12-9-20-17-23(37-2)24(38-3)18-21(20)22(33)14-19-15-25(39-4)28(41-6)26(16-19)40-5/h15-18,22H,7-14H2,1-6H3/p+1/t22-,33-/m1/s1. The molecule has 0 fully saturated rings. The Labute approximate surface area is 244 Å². The number of ether oxygens (including phenoxy) is 6. The van der Waals surface area contributed by atoms with Crippen molar-refractivity contribution in [2.75, 3.05) is 62.3 Å². The van der Waals surface area contributed by atoms with Gasteiger partial charge in [-0.05, 0) is 35.4 Å². The van der Waals surface area contributed by atoms with Crippen LogP contribution >= 0.6 is 0 Å². The normalized spacial score (nSPS) is 18.0. The summed E-state index contributed by atoms with van der Waals surface area (Å²) in [6.45, 7) is 1.04. The molecule has 0 aromatic heterocycles. The second-order valence-electron chi connectivity index (χ2n) is 10.4. The monoisotopic (exact) mass is 596 g/mol. The van der Waals surface area contributed by atoms with Crippen LogP contribution in [0.15, 0.2) is 24.3 Å². The fourth-order valence-electron chi connectivity index (χ4n) is 5.47. The van der Waals surface area contributed by atoms with E-state index in [1.165, 1.54) is 0 Å². The lowest BCUT2D eigenvalue weighted by Crippen LogP contribution is -2.52. The molecule has 3 rings (SSSR count). The number of carboxylic acid groups (broad SMARTS) is 1.